The number of aliphatic imine (C=N–C) groups is 1. The molecule has 0 spiro atoms. The Morgan fingerprint density at radius 1 is 1.29 bits per heavy atom. The fraction of sp³-hybridized carbons (Fsp3) is 0.476. The van der Waals surface area contributed by atoms with E-state index in [-0.39, 0.29) is 40.6 Å². The molecule has 1 unspecified atom stereocenters. The lowest BCUT2D eigenvalue weighted by atomic mass is 10.2. The van der Waals surface area contributed by atoms with E-state index in [1.54, 1.807) is 12.1 Å². The number of nitro groups is 1. The van der Waals surface area contributed by atoms with Gasteiger partial charge in [0.25, 0.3) is 5.69 Å². The quantitative estimate of drug-likeness (QED) is 0.169. The third kappa shape index (κ3) is 7.70. The van der Waals surface area contributed by atoms with Gasteiger partial charge in [0.1, 0.15) is 0 Å². The first-order valence-electron chi connectivity index (χ1n) is 10.2. The summed E-state index contributed by atoms with van der Waals surface area (Å²) in [6, 6.07) is 11.2. The number of nitrogens with zero attached hydrogens (tertiary/aromatic N) is 3. The van der Waals surface area contributed by atoms with E-state index in [9.17, 15) is 10.1 Å². The summed E-state index contributed by atoms with van der Waals surface area (Å²) in [5.74, 6) is 0.704. The summed E-state index contributed by atoms with van der Waals surface area (Å²) in [7, 11) is 0. The molecule has 1 saturated heterocycles. The summed E-state index contributed by atoms with van der Waals surface area (Å²) in [5.41, 5.74) is 0.890. The largest absolute Gasteiger partial charge is 0.379 e. The highest BCUT2D eigenvalue weighted by Gasteiger charge is 2.24. The van der Waals surface area contributed by atoms with Crippen LogP contribution in [-0.4, -0.2) is 55.2 Å². The average molecular weight is 559 g/mol. The average Bonchev–Trinajstić information content (AvgIpc) is 3.19. The van der Waals surface area contributed by atoms with Crippen molar-refractivity contribution in [1.29, 1.82) is 0 Å². The summed E-state index contributed by atoms with van der Waals surface area (Å²) < 4.78 is 5.53. The minimum atomic E-state index is -0.382. The Morgan fingerprint density at radius 2 is 2.06 bits per heavy atom. The second-order valence-corrected chi connectivity index (χ2v) is 8.44. The minimum Gasteiger partial charge on any atom is -0.379 e. The molecule has 0 radical (unpaired) electrons. The zero-order valence-corrected chi connectivity index (χ0v) is 21.0. The normalized spacial score (nSPS) is 15.7. The molecule has 1 fully saturated rings. The van der Waals surface area contributed by atoms with E-state index in [0.29, 0.717) is 12.5 Å². The van der Waals surface area contributed by atoms with Crippen molar-refractivity contribution in [1.82, 2.24) is 15.5 Å². The lowest BCUT2D eigenvalue weighted by Gasteiger charge is -2.34. The third-order valence-electron chi connectivity index (χ3n) is 4.92. The predicted molar refractivity (Wildman–Crippen MR) is 136 cm³/mol. The van der Waals surface area contributed by atoms with Gasteiger partial charge in [-0.15, -0.1) is 35.3 Å². The summed E-state index contributed by atoms with van der Waals surface area (Å²) in [5, 5.41) is 17.7. The lowest BCUT2D eigenvalue weighted by Crippen LogP contribution is -2.46. The van der Waals surface area contributed by atoms with E-state index in [1.807, 2.05) is 24.3 Å². The van der Waals surface area contributed by atoms with E-state index in [4.69, 9.17) is 4.74 Å². The molecule has 0 bridgehead atoms. The Balaban J connectivity index is 0.00000341. The van der Waals surface area contributed by atoms with Crippen molar-refractivity contribution in [3.63, 3.8) is 0 Å². The number of nitro benzene ring substituents is 1. The second-order valence-electron chi connectivity index (χ2n) is 7.12. The maximum atomic E-state index is 11.0. The number of nitrogens with one attached hydrogen (secondary N) is 2. The molecule has 31 heavy (non-hydrogen) atoms. The van der Waals surface area contributed by atoms with Gasteiger partial charge in [-0.1, -0.05) is 12.1 Å². The third-order valence-corrected chi connectivity index (χ3v) is 6.03. The van der Waals surface area contributed by atoms with Gasteiger partial charge in [-0.25, -0.2) is 4.99 Å². The topological polar surface area (TPSA) is 92.0 Å². The van der Waals surface area contributed by atoms with Crippen LogP contribution in [0.1, 0.15) is 28.3 Å². The molecule has 2 heterocycles. The Hall–Kier alpha value is -1.76. The molecular weight excluding hydrogens is 529 g/mol. The van der Waals surface area contributed by atoms with Gasteiger partial charge < -0.3 is 15.4 Å². The van der Waals surface area contributed by atoms with Crippen LogP contribution in [0.2, 0.25) is 0 Å². The van der Waals surface area contributed by atoms with Crippen LogP contribution < -0.4 is 10.6 Å². The number of thiophene rings is 1. The number of benzene rings is 1. The van der Waals surface area contributed by atoms with E-state index < -0.39 is 0 Å². The molecule has 1 aromatic heterocycles. The van der Waals surface area contributed by atoms with Crippen LogP contribution in [0.15, 0.2) is 41.4 Å². The number of hydrogen-bond acceptors (Lipinski definition) is 6. The molecule has 170 valence electrons. The number of halogens is 1. The number of hydrogen-bond donors (Lipinski definition) is 2. The van der Waals surface area contributed by atoms with Crippen molar-refractivity contribution >= 4 is 47.0 Å². The van der Waals surface area contributed by atoms with Crippen LogP contribution in [0.3, 0.4) is 0 Å². The fourth-order valence-corrected chi connectivity index (χ4v) is 4.42. The highest BCUT2D eigenvalue weighted by Crippen LogP contribution is 2.27. The van der Waals surface area contributed by atoms with Gasteiger partial charge in [-0.3, -0.25) is 15.0 Å². The number of ether oxygens (including phenoxy) is 1. The molecule has 1 atom stereocenters. The maximum absolute atomic E-state index is 11.0. The molecule has 2 N–H and O–H groups in total. The number of rotatable bonds is 8. The van der Waals surface area contributed by atoms with Crippen molar-refractivity contribution in [3.05, 3.63) is 61.8 Å². The zero-order chi connectivity index (χ0) is 21.3. The number of non-ortho nitro benzene ring substituents is 1. The molecule has 0 amide bonds. The Kier molecular flexibility index (Phi) is 10.6. The Morgan fingerprint density at radius 3 is 2.71 bits per heavy atom. The fourth-order valence-electron chi connectivity index (χ4n) is 3.41. The summed E-state index contributed by atoms with van der Waals surface area (Å²) >= 11 is 1.82. The van der Waals surface area contributed by atoms with Gasteiger partial charge in [-0.05, 0) is 31.5 Å². The summed E-state index contributed by atoms with van der Waals surface area (Å²) in [6.07, 6.45) is 0. The molecule has 0 aliphatic carbocycles. The molecule has 0 saturated carbocycles. The van der Waals surface area contributed by atoms with Crippen molar-refractivity contribution in [2.45, 2.75) is 26.4 Å². The van der Waals surface area contributed by atoms with Gasteiger partial charge in [-0.2, -0.15) is 0 Å². The summed E-state index contributed by atoms with van der Waals surface area (Å²) in [6.45, 7) is 9.30. The van der Waals surface area contributed by atoms with Crippen LogP contribution in [0.4, 0.5) is 5.69 Å². The van der Waals surface area contributed by atoms with E-state index in [1.165, 1.54) is 15.8 Å². The number of aryl methyl sites for hydroxylation is 1. The van der Waals surface area contributed by atoms with Crippen LogP contribution in [0, 0.1) is 17.0 Å². The SMILES string of the molecule is CCNC(=NCc1cccc([N+](=O)[O-])c1)NCC(c1ccc(C)s1)N1CCOCC1.I. The van der Waals surface area contributed by atoms with Crippen molar-refractivity contribution in [2.75, 3.05) is 39.4 Å². The first-order chi connectivity index (χ1) is 14.6. The molecule has 8 nitrogen and oxygen atoms in total. The van der Waals surface area contributed by atoms with Gasteiger partial charge in [0, 0.05) is 48.1 Å². The standard InChI is InChI=1S/C21H29N5O3S.HI/c1-3-22-21(23-14-17-5-4-6-18(13-17)26(27)28)24-15-19(20-8-7-16(2)30-20)25-9-11-29-12-10-25;/h4-8,13,19H,3,9-12,14-15H2,1-2H3,(H2,22,23,24);1H. The lowest BCUT2D eigenvalue weighted by molar-refractivity contribution is -0.384. The Labute approximate surface area is 204 Å². The van der Waals surface area contributed by atoms with Crippen LogP contribution in [0.25, 0.3) is 0 Å². The van der Waals surface area contributed by atoms with E-state index >= 15 is 0 Å². The molecule has 1 aromatic carbocycles. The van der Waals surface area contributed by atoms with E-state index in [0.717, 1.165) is 45.0 Å². The zero-order valence-electron chi connectivity index (χ0n) is 17.9. The van der Waals surface area contributed by atoms with Crippen molar-refractivity contribution in [2.24, 2.45) is 4.99 Å². The van der Waals surface area contributed by atoms with Crippen molar-refractivity contribution < 1.29 is 9.66 Å². The number of guanidine groups is 1. The first kappa shape index (κ1) is 25.5. The first-order valence-corrected chi connectivity index (χ1v) is 11.0. The smallest absolute Gasteiger partial charge is 0.269 e. The molecule has 3 rings (SSSR count). The van der Waals surface area contributed by atoms with E-state index in [2.05, 4.69) is 39.6 Å². The summed E-state index contributed by atoms with van der Waals surface area (Å²) in [4.78, 5) is 20.3. The molecule has 1 aliphatic heterocycles. The predicted octanol–water partition coefficient (Wildman–Crippen LogP) is 3.71. The maximum Gasteiger partial charge on any atom is 0.269 e. The highest BCUT2D eigenvalue weighted by atomic mass is 127. The van der Waals surface area contributed by atoms with Crippen molar-refractivity contribution in [3.8, 4) is 0 Å². The van der Waals surface area contributed by atoms with Gasteiger partial charge in [0.2, 0.25) is 0 Å². The van der Waals surface area contributed by atoms with Crippen LogP contribution in [0.5, 0.6) is 0 Å². The van der Waals surface area contributed by atoms with Crippen LogP contribution in [-0.2, 0) is 11.3 Å². The molecule has 1 aliphatic rings. The van der Waals surface area contributed by atoms with Gasteiger partial charge in [0.05, 0.1) is 30.7 Å². The van der Waals surface area contributed by atoms with Crippen LogP contribution >= 0.6 is 35.3 Å². The highest BCUT2D eigenvalue weighted by molar-refractivity contribution is 14.0. The van der Waals surface area contributed by atoms with Gasteiger partial charge in [0.15, 0.2) is 5.96 Å². The number of morpholine rings is 1. The molecule has 10 heteroatoms. The Bertz CT molecular complexity index is 870. The molecular formula is C21H30IN5O3S. The second kappa shape index (κ2) is 12.9. The van der Waals surface area contributed by atoms with Gasteiger partial charge >= 0.3 is 0 Å². The molecule has 2 aromatic rings. The minimum absolute atomic E-state index is 0. The monoisotopic (exact) mass is 559 g/mol.